The highest BCUT2D eigenvalue weighted by molar-refractivity contribution is 5.92. The van der Waals surface area contributed by atoms with Crippen LogP contribution in [0.3, 0.4) is 0 Å². The van der Waals surface area contributed by atoms with E-state index in [0.29, 0.717) is 5.58 Å². The molecule has 0 atom stereocenters. The number of carbonyl (C=O) groups excluding carboxylic acids is 1. The predicted octanol–water partition coefficient (Wildman–Crippen LogP) is 3.64. The van der Waals surface area contributed by atoms with E-state index in [1.165, 1.54) is 13.5 Å². The van der Waals surface area contributed by atoms with Crippen LogP contribution in [0.25, 0.3) is 11.0 Å². The molecular weight excluding hydrogens is 204 g/mol. The lowest BCUT2D eigenvalue weighted by Gasteiger charge is -1.90. The topological polar surface area (TPSA) is 39.4 Å². The van der Waals surface area contributed by atoms with Gasteiger partial charge in [-0.3, -0.25) is 0 Å². The van der Waals surface area contributed by atoms with Gasteiger partial charge in [-0.15, -0.1) is 0 Å². The summed E-state index contributed by atoms with van der Waals surface area (Å²) in [5, 5.41) is 0.905. The number of fused-ring (bicyclic) bond motifs is 1. The van der Waals surface area contributed by atoms with Gasteiger partial charge in [-0.25, -0.2) is 4.79 Å². The maximum absolute atomic E-state index is 11.1. The Morgan fingerprint density at radius 3 is 2.50 bits per heavy atom. The van der Waals surface area contributed by atoms with E-state index in [-0.39, 0.29) is 5.76 Å². The summed E-state index contributed by atoms with van der Waals surface area (Å²) in [6.07, 6.45) is 1.25. The third-order valence-electron chi connectivity index (χ3n) is 1.81. The molecule has 0 N–H and O–H groups in total. The average molecular weight is 220 g/mol. The van der Waals surface area contributed by atoms with Gasteiger partial charge in [-0.05, 0) is 12.1 Å². The van der Waals surface area contributed by atoms with Crippen LogP contribution < -0.4 is 0 Å². The van der Waals surface area contributed by atoms with E-state index in [4.69, 9.17) is 4.42 Å². The van der Waals surface area contributed by atoms with Crippen molar-refractivity contribution >= 4 is 16.9 Å². The van der Waals surface area contributed by atoms with Gasteiger partial charge in [0.2, 0.25) is 5.76 Å². The molecule has 0 spiro atoms. The van der Waals surface area contributed by atoms with E-state index in [1.807, 2.05) is 24.3 Å². The smallest absolute Gasteiger partial charge is 0.373 e. The first-order valence-electron chi connectivity index (χ1n) is 5.29. The quantitative estimate of drug-likeness (QED) is 0.689. The monoisotopic (exact) mass is 220 g/mol. The maximum atomic E-state index is 11.1. The van der Waals surface area contributed by atoms with Crippen LogP contribution in [-0.2, 0) is 4.74 Å². The molecule has 0 fully saturated rings. The molecule has 0 amide bonds. The second-order valence-electron chi connectivity index (χ2n) is 3.35. The van der Waals surface area contributed by atoms with Gasteiger partial charge < -0.3 is 9.15 Å². The molecule has 0 radical (unpaired) electrons. The van der Waals surface area contributed by atoms with Crippen LogP contribution in [-0.4, -0.2) is 13.1 Å². The number of methoxy groups -OCH3 is 1. The lowest BCUT2D eigenvalue weighted by molar-refractivity contribution is 0.0567. The molecule has 1 aromatic carbocycles. The van der Waals surface area contributed by atoms with Crippen LogP contribution in [0.4, 0.5) is 0 Å². The van der Waals surface area contributed by atoms with E-state index in [0.717, 1.165) is 5.39 Å². The highest BCUT2D eigenvalue weighted by atomic mass is 16.5. The molecule has 0 unspecified atom stereocenters. The van der Waals surface area contributed by atoms with Crippen molar-refractivity contribution in [1.82, 2.24) is 0 Å². The molecule has 3 heteroatoms. The van der Waals surface area contributed by atoms with Gasteiger partial charge in [-0.1, -0.05) is 38.5 Å². The highest BCUT2D eigenvalue weighted by Crippen LogP contribution is 2.18. The van der Waals surface area contributed by atoms with Crippen LogP contribution in [0.15, 0.2) is 34.7 Å². The Hall–Kier alpha value is -1.77. The Balaban J connectivity index is 0.000000386. The summed E-state index contributed by atoms with van der Waals surface area (Å²) >= 11 is 0. The first-order chi connectivity index (χ1) is 7.72. The second-order valence-corrected chi connectivity index (χ2v) is 3.35. The molecule has 2 aromatic rings. The van der Waals surface area contributed by atoms with Gasteiger partial charge >= 0.3 is 5.97 Å². The predicted molar refractivity (Wildman–Crippen MR) is 63.5 cm³/mol. The SMILES string of the molecule is CCC.COC(=O)c1cc2ccccc2o1. The van der Waals surface area contributed by atoms with Gasteiger partial charge in [0.1, 0.15) is 5.58 Å². The number of rotatable bonds is 1. The molecular formula is C13H16O3. The van der Waals surface area contributed by atoms with Crippen molar-refractivity contribution < 1.29 is 13.9 Å². The van der Waals surface area contributed by atoms with Gasteiger partial charge in [0.05, 0.1) is 7.11 Å². The minimum atomic E-state index is -0.448. The minimum absolute atomic E-state index is 0.240. The summed E-state index contributed by atoms with van der Waals surface area (Å²) in [4.78, 5) is 11.1. The lowest BCUT2D eigenvalue weighted by atomic mass is 10.2. The Bertz CT molecular complexity index is 424. The zero-order valence-electron chi connectivity index (χ0n) is 9.82. The fourth-order valence-electron chi connectivity index (χ4n) is 1.18. The van der Waals surface area contributed by atoms with Crippen LogP contribution in [0, 0.1) is 0 Å². The third kappa shape index (κ3) is 2.86. The summed E-state index contributed by atoms with van der Waals surface area (Å²) in [5.41, 5.74) is 0.697. The average Bonchev–Trinajstić information content (AvgIpc) is 2.72. The first-order valence-corrected chi connectivity index (χ1v) is 5.29. The van der Waals surface area contributed by atoms with E-state index in [2.05, 4.69) is 18.6 Å². The number of esters is 1. The Labute approximate surface area is 95.0 Å². The molecule has 1 heterocycles. The van der Waals surface area contributed by atoms with Crippen LogP contribution >= 0.6 is 0 Å². The van der Waals surface area contributed by atoms with Crippen LogP contribution in [0.5, 0.6) is 0 Å². The van der Waals surface area contributed by atoms with E-state index in [9.17, 15) is 4.79 Å². The van der Waals surface area contributed by atoms with Crippen molar-refractivity contribution in [3.63, 3.8) is 0 Å². The van der Waals surface area contributed by atoms with E-state index >= 15 is 0 Å². The molecule has 0 saturated carbocycles. The minimum Gasteiger partial charge on any atom is -0.463 e. The summed E-state index contributed by atoms with van der Waals surface area (Å²) < 4.78 is 9.78. The molecule has 0 aliphatic carbocycles. The Kier molecular flexibility index (Phi) is 4.58. The largest absolute Gasteiger partial charge is 0.463 e. The van der Waals surface area contributed by atoms with E-state index in [1.54, 1.807) is 6.07 Å². The van der Waals surface area contributed by atoms with Gasteiger partial charge in [-0.2, -0.15) is 0 Å². The van der Waals surface area contributed by atoms with Crippen molar-refractivity contribution in [3.8, 4) is 0 Å². The zero-order chi connectivity index (χ0) is 12.0. The summed E-state index contributed by atoms with van der Waals surface area (Å²) in [7, 11) is 1.33. The maximum Gasteiger partial charge on any atom is 0.373 e. The summed E-state index contributed by atoms with van der Waals surface area (Å²) in [6, 6.07) is 9.10. The molecule has 3 nitrogen and oxygen atoms in total. The van der Waals surface area contributed by atoms with E-state index < -0.39 is 5.97 Å². The third-order valence-corrected chi connectivity index (χ3v) is 1.81. The molecule has 0 saturated heterocycles. The number of benzene rings is 1. The number of carbonyl (C=O) groups is 1. The molecule has 0 aliphatic heterocycles. The van der Waals surface area contributed by atoms with Crippen molar-refractivity contribution in [2.45, 2.75) is 20.3 Å². The number of hydrogen-bond acceptors (Lipinski definition) is 3. The fourth-order valence-corrected chi connectivity index (χ4v) is 1.18. The molecule has 0 aliphatic rings. The van der Waals surface area contributed by atoms with Gasteiger partial charge in [0, 0.05) is 5.39 Å². The number of furan rings is 1. The molecule has 0 bridgehead atoms. The van der Waals surface area contributed by atoms with Crippen molar-refractivity contribution in [2.75, 3.05) is 7.11 Å². The number of para-hydroxylation sites is 1. The molecule has 1 aromatic heterocycles. The number of hydrogen-bond donors (Lipinski definition) is 0. The summed E-state index contributed by atoms with van der Waals surface area (Å²) in [6.45, 7) is 4.25. The van der Waals surface area contributed by atoms with Crippen LogP contribution in [0.1, 0.15) is 30.8 Å². The lowest BCUT2D eigenvalue weighted by Crippen LogP contribution is -1.97. The van der Waals surface area contributed by atoms with Crippen molar-refractivity contribution in [1.29, 1.82) is 0 Å². The highest BCUT2D eigenvalue weighted by Gasteiger charge is 2.10. The number of ether oxygens (including phenoxy) is 1. The van der Waals surface area contributed by atoms with Gasteiger partial charge in [0.25, 0.3) is 0 Å². The standard InChI is InChI=1S/C10H8O3.C3H8/c1-12-10(11)9-6-7-4-2-3-5-8(7)13-9;1-3-2/h2-6H,1H3;3H2,1-2H3. The summed E-state index contributed by atoms with van der Waals surface area (Å²) in [5.74, 6) is -0.208. The molecule has 86 valence electrons. The molecule has 2 rings (SSSR count). The van der Waals surface area contributed by atoms with Crippen molar-refractivity contribution in [2.24, 2.45) is 0 Å². The Morgan fingerprint density at radius 2 is 1.94 bits per heavy atom. The normalized spacial score (nSPS) is 9.44. The first kappa shape index (κ1) is 12.3. The molecule has 16 heavy (non-hydrogen) atoms. The van der Waals surface area contributed by atoms with Crippen molar-refractivity contribution in [3.05, 3.63) is 36.1 Å². The second kappa shape index (κ2) is 5.95. The van der Waals surface area contributed by atoms with Gasteiger partial charge in [0.15, 0.2) is 0 Å². The fraction of sp³-hybridized carbons (Fsp3) is 0.308. The Morgan fingerprint density at radius 1 is 1.31 bits per heavy atom. The van der Waals surface area contributed by atoms with Crippen LogP contribution in [0.2, 0.25) is 0 Å². The zero-order valence-corrected chi connectivity index (χ0v) is 9.82.